The van der Waals surface area contributed by atoms with Gasteiger partial charge in [-0.15, -0.1) is 0 Å². The molecule has 0 unspecified atom stereocenters. The Morgan fingerprint density at radius 1 is 1.29 bits per heavy atom. The lowest BCUT2D eigenvalue weighted by atomic mass is 10.4. The summed E-state index contributed by atoms with van der Waals surface area (Å²) in [6.45, 7) is 0. The molecule has 17 heavy (non-hydrogen) atoms. The molecule has 0 amide bonds. The molecule has 2 heterocycles. The lowest BCUT2D eigenvalue weighted by Crippen LogP contribution is -2.17. The van der Waals surface area contributed by atoms with Gasteiger partial charge in [0.15, 0.2) is 5.82 Å². The van der Waals surface area contributed by atoms with Crippen molar-refractivity contribution in [3.05, 3.63) is 30.4 Å². The van der Waals surface area contributed by atoms with Crippen LogP contribution in [0.2, 0.25) is 0 Å². The van der Waals surface area contributed by atoms with E-state index in [2.05, 4.69) is 15.1 Å². The topological polar surface area (TPSA) is 81.6 Å². The Morgan fingerprint density at radius 2 is 2.06 bits per heavy atom. The monoisotopic (exact) mass is 244 g/mol. The van der Waals surface area contributed by atoms with E-state index in [1.54, 1.807) is 6.07 Å². The van der Waals surface area contributed by atoms with Gasteiger partial charge in [0.05, 0.1) is 0 Å². The quantitative estimate of drug-likeness (QED) is 0.607. The molecule has 0 aliphatic heterocycles. The molecule has 0 saturated carbocycles. The maximum atomic E-state index is 12.5. The van der Waals surface area contributed by atoms with Gasteiger partial charge in [0.1, 0.15) is 5.82 Å². The van der Waals surface area contributed by atoms with Gasteiger partial charge in [0, 0.05) is 18.5 Å². The molecule has 0 aromatic carbocycles. The summed E-state index contributed by atoms with van der Waals surface area (Å²) in [4.78, 5) is 6.58. The van der Waals surface area contributed by atoms with Gasteiger partial charge in [-0.1, -0.05) is 0 Å². The summed E-state index contributed by atoms with van der Waals surface area (Å²) in [5, 5.41) is 3.78. The Balaban J connectivity index is 2.54. The number of hydrogen-bond acceptors (Lipinski definition) is 5. The average molecular weight is 244 g/mol. The van der Waals surface area contributed by atoms with Gasteiger partial charge in [-0.25, -0.2) is 20.5 Å². The van der Waals surface area contributed by atoms with E-state index in [-0.39, 0.29) is 11.6 Å². The smallest absolute Gasteiger partial charge is 0.308 e. The molecule has 0 bridgehead atoms. The number of hydrazine groups is 1. The SMILES string of the molecule is NNc1cc(-n2cccn2)nc(C(F)(F)F)n1. The third kappa shape index (κ3) is 2.33. The summed E-state index contributed by atoms with van der Waals surface area (Å²) in [6.07, 6.45) is -1.76. The van der Waals surface area contributed by atoms with Crippen LogP contribution in [0.15, 0.2) is 24.5 Å². The van der Waals surface area contributed by atoms with Crippen LogP contribution in [0.5, 0.6) is 0 Å². The van der Waals surface area contributed by atoms with E-state index in [0.717, 1.165) is 0 Å². The van der Waals surface area contributed by atoms with Gasteiger partial charge in [-0.05, 0) is 6.07 Å². The van der Waals surface area contributed by atoms with Crippen LogP contribution >= 0.6 is 0 Å². The highest BCUT2D eigenvalue weighted by molar-refractivity contribution is 5.40. The van der Waals surface area contributed by atoms with Crippen LogP contribution in [0.25, 0.3) is 5.82 Å². The summed E-state index contributed by atoms with van der Waals surface area (Å²) in [5.41, 5.74) is 2.05. The minimum Gasteiger partial charge on any atom is -0.308 e. The van der Waals surface area contributed by atoms with Gasteiger partial charge in [-0.3, -0.25) is 0 Å². The zero-order chi connectivity index (χ0) is 12.5. The van der Waals surface area contributed by atoms with Crippen LogP contribution < -0.4 is 11.3 Å². The predicted molar refractivity (Wildman–Crippen MR) is 52.0 cm³/mol. The van der Waals surface area contributed by atoms with Crippen LogP contribution in [0, 0.1) is 0 Å². The Hall–Kier alpha value is -2.16. The summed E-state index contributed by atoms with van der Waals surface area (Å²) >= 11 is 0. The lowest BCUT2D eigenvalue weighted by molar-refractivity contribution is -0.144. The first-order valence-electron chi connectivity index (χ1n) is 4.43. The van der Waals surface area contributed by atoms with Crippen molar-refractivity contribution >= 4 is 5.82 Å². The molecule has 2 aromatic heterocycles. The van der Waals surface area contributed by atoms with E-state index < -0.39 is 12.0 Å². The number of nitrogens with one attached hydrogen (secondary N) is 1. The Morgan fingerprint density at radius 3 is 2.59 bits per heavy atom. The molecule has 6 nitrogen and oxygen atoms in total. The number of hydrogen-bond donors (Lipinski definition) is 2. The van der Waals surface area contributed by atoms with Gasteiger partial charge >= 0.3 is 6.18 Å². The van der Waals surface area contributed by atoms with Gasteiger partial charge in [0.25, 0.3) is 0 Å². The van der Waals surface area contributed by atoms with Crippen LogP contribution in [-0.4, -0.2) is 19.7 Å². The van der Waals surface area contributed by atoms with Crippen molar-refractivity contribution < 1.29 is 13.2 Å². The van der Waals surface area contributed by atoms with Crippen molar-refractivity contribution in [2.45, 2.75) is 6.18 Å². The fourth-order valence-corrected chi connectivity index (χ4v) is 1.16. The number of nitrogens with zero attached hydrogens (tertiary/aromatic N) is 4. The summed E-state index contributed by atoms with van der Waals surface area (Å²) in [6, 6.07) is 2.81. The third-order valence-electron chi connectivity index (χ3n) is 1.85. The fourth-order valence-electron chi connectivity index (χ4n) is 1.16. The molecule has 0 saturated heterocycles. The normalized spacial score (nSPS) is 11.5. The molecule has 9 heteroatoms. The van der Waals surface area contributed by atoms with E-state index in [1.807, 2.05) is 5.43 Å². The molecular weight excluding hydrogens is 237 g/mol. The fraction of sp³-hybridized carbons (Fsp3) is 0.125. The summed E-state index contributed by atoms with van der Waals surface area (Å²) in [7, 11) is 0. The maximum Gasteiger partial charge on any atom is 0.451 e. The van der Waals surface area contributed by atoms with Crippen molar-refractivity contribution in [1.29, 1.82) is 0 Å². The first-order valence-corrected chi connectivity index (χ1v) is 4.43. The second-order valence-electron chi connectivity index (χ2n) is 3.03. The minimum atomic E-state index is -4.64. The Labute approximate surface area is 93.3 Å². The summed E-state index contributed by atoms with van der Waals surface area (Å²) in [5.74, 6) is 3.60. The van der Waals surface area contributed by atoms with E-state index in [1.165, 1.54) is 23.1 Å². The summed E-state index contributed by atoms with van der Waals surface area (Å²) < 4.78 is 38.7. The number of anilines is 1. The predicted octanol–water partition coefficient (Wildman–Crippen LogP) is 0.967. The highest BCUT2D eigenvalue weighted by Gasteiger charge is 2.35. The minimum absolute atomic E-state index is 0.0229. The number of nitrogen functional groups attached to an aromatic ring is 1. The molecule has 0 spiro atoms. The molecule has 90 valence electrons. The first-order chi connectivity index (χ1) is 8.00. The molecule has 2 aromatic rings. The standard InChI is InChI=1S/C8H7F3N6/c9-8(10,11)7-14-5(16-12)4-6(15-7)17-3-1-2-13-17/h1-4H,12H2,(H,14,15,16). The number of aromatic nitrogens is 4. The largest absolute Gasteiger partial charge is 0.451 e. The highest BCUT2D eigenvalue weighted by atomic mass is 19.4. The zero-order valence-corrected chi connectivity index (χ0v) is 8.31. The zero-order valence-electron chi connectivity index (χ0n) is 8.31. The van der Waals surface area contributed by atoms with Crippen molar-refractivity contribution in [3.8, 4) is 5.82 Å². The van der Waals surface area contributed by atoms with Crippen LogP contribution in [0.3, 0.4) is 0 Å². The van der Waals surface area contributed by atoms with Gasteiger partial charge < -0.3 is 5.43 Å². The van der Waals surface area contributed by atoms with Crippen LogP contribution in [0.4, 0.5) is 19.0 Å². The van der Waals surface area contributed by atoms with Crippen molar-refractivity contribution in [3.63, 3.8) is 0 Å². The molecule has 2 rings (SSSR count). The van der Waals surface area contributed by atoms with Crippen molar-refractivity contribution in [1.82, 2.24) is 19.7 Å². The first kappa shape index (κ1) is 11.3. The second-order valence-corrected chi connectivity index (χ2v) is 3.03. The third-order valence-corrected chi connectivity index (χ3v) is 1.85. The maximum absolute atomic E-state index is 12.5. The molecular formula is C8H7F3N6. The highest BCUT2D eigenvalue weighted by Crippen LogP contribution is 2.27. The lowest BCUT2D eigenvalue weighted by Gasteiger charge is -2.09. The molecule has 0 fully saturated rings. The average Bonchev–Trinajstić information content (AvgIpc) is 2.80. The van der Waals surface area contributed by atoms with E-state index in [4.69, 9.17) is 5.84 Å². The second kappa shape index (κ2) is 4.01. The Kier molecular flexibility index (Phi) is 2.68. The van der Waals surface area contributed by atoms with E-state index in [0.29, 0.717) is 0 Å². The number of nitrogens with two attached hydrogens (primary N) is 1. The Bertz CT molecular complexity index is 506. The van der Waals surface area contributed by atoms with E-state index in [9.17, 15) is 13.2 Å². The molecule has 0 aliphatic rings. The number of alkyl halides is 3. The van der Waals surface area contributed by atoms with Crippen molar-refractivity contribution in [2.24, 2.45) is 5.84 Å². The molecule has 0 atom stereocenters. The number of halogens is 3. The van der Waals surface area contributed by atoms with Crippen molar-refractivity contribution in [2.75, 3.05) is 5.43 Å². The molecule has 3 N–H and O–H groups in total. The molecule has 0 aliphatic carbocycles. The van der Waals surface area contributed by atoms with E-state index >= 15 is 0 Å². The van der Waals surface area contributed by atoms with Gasteiger partial charge in [0.2, 0.25) is 5.82 Å². The number of rotatable bonds is 2. The molecule has 0 radical (unpaired) electrons. The van der Waals surface area contributed by atoms with Crippen LogP contribution in [0.1, 0.15) is 5.82 Å². The van der Waals surface area contributed by atoms with Gasteiger partial charge in [-0.2, -0.15) is 18.3 Å². The van der Waals surface area contributed by atoms with Crippen LogP contribution in [-0.2, 0) is 6.18 Å².